The number of fused-ring (bicyclic) bond motifs is 1. The third kappa shape index (κ3) is 2.00. The standard InChI is InChI=1S/C13H14N4O/c1-14-7-10-6-11(18-16-10)8-17-9-15-12-4-2-3-5-13(12)17/h2-6,9,14H,7-8H2,1H3. The van der Waals surface area contributed by atoms with Crippen LogP contribution in [-0.4, -0.2) is 21.8 Å². The summed E-state index contributed by atoms with van der Waals surface area (Å²) in [5.41, 5.74) is 3.01. The first-order valence-electron chi connectivity index (χ1n) is 5.86. The zero-order valence-corrected chi connectivity index (χ0v) is 10.1. The molecule has 0 unspecified atom stereocenters. The Balaban J connectivity index is 1.87. The maximum absolute atomic E-state index is 5.30. The van der Waals surface area contributed by atoms with Gasteiger partial charge in [0, 0.05) is 12.6 Å². The molecular weight excluding hydrogens is 228 g/mol. The van der Waals surface area contributed by atoms with Crippen LogP contribution in [0.5, 0.6) is 0 Å². The molecule has 3 aromatic rings. The van der Waals surface area contributed by atoms with Gasteiger partial charge in [-0.2, -0.15) is 0 Å². The molecule has 2 heterocycles. The average molecular weight is 242 g/mol. The van der Waals surface area contributed by atoms with Crippen molar-refractivity contribution in [2.75, 3.05) is 7.05 Å². The normalized spacial score (nSPS) is 11.2. The number of rotatable bonds is 4. The molecule has 0 fully saturated rings. The van der Waals surface area contributed by atoms with Crippen LogP contribution in [0.15, 0.2) is 41.2 Å². The van der Waals surface area contributed by atoms with Crippen LogP contribution in [-0.2, 0) is 13.1 Å². The first-order chi connectivity index (χ1) is 8.86. The summed E-state index contributed by atoms with van der Waals surface area (Å²) in [6.45, 7) is 1.37. The van der Waals surface area contributed by atoms with Gasteiger partial charge in [-0.3, -0.25) is 0 Å². The highest BCUT2D eigenvalue weighted by Crippen LogP contribution is 2.14. The lowest BCUT2D eigenvalue weighted by Gasteiger charge is -1.99. The van der Waals surface area contributed by atoms with Gasteiger partial charge in [0.15, 0.2) is 5.76 Å². The predicted octanol–water partition coefficient (Wildman–Crippen LogP) is 1.79. The molecule has 0 aliphatic heterocycles. The van der Waals surface area contributed by atoms with Crippen LogP contribution in [0, 0.1) is 0 Å². The summed E-state index contributed by atoms with van der Waals surface area (Å²) in [4.78, 5) is 4.35. The summed E-state index contributed by atoms with van der Waals surface area (Å²) in [6, 6.07) is 10.0. The Morgan fingerprint density at radius 3 is 3.11 bits per heavy atom. The molecule has 0 aliphatic carbocycles. The van der Waals surface area contributed by atoms with E-state index in [1.54, 1.807) is 0 Å². The van der Waals surface area contributed by atoms with Gasteiger partial charge in [0.25, 0.3) is 0 Å². The van der Waals surface area contributed by atoms with Crippen molar-refractivity contribution in [2.24, 2.45) is 0 Å². The van der Waals surface area contributed by atoms with E-state index in [4.69, 9.17) is 4.52 Å². The summed E-state index contributed by atoms with van der Waals surface area (Å²) in [5, 5.41) is 7.04. The molecule has 2 aromatic heterocycles. The fraction of sp³-hybridized carbons (Fsp3) is 0.231. The van der Waals surface area contributed by atoms with Crippen LogP contribution < -0.4 is 5.32 Å². The number of nitrogens with one attached hydrogen (secondary N) is 1. The number of imidazole rings is 1. The lowest BCUT2D eigenvalue weighted by atomic mass is 10.3. The Labute approximate surface area is 104 Å². The van der Waals surface area contributed by atoms with E-state index in [-0.39, 0.29) is 0 Å². The van der Waals surface area contributed by atoms with E-state index in [1.165, 1.54) is 0 Å². The Morgan fingerprint density at radius 2 is 2.22 bits per heavy atom. The van der Waals surface area contributed by atoms with Crippen molar-refractivity contribution in [2.45, 2.75) is 13.1 Å². The molecule has 0 atom stereocenters. The molecule has 0 saturated heterocycles. The van der Waals surface area contributed by atoms with E-state index in [1.807, 2.05) is 43.7 Å². The van der Waals surface area contributed by atoms with Crippen molar-refractivity contribution in [3.63, 3.8) is 0 Å². The predicted molar refractivity (Wildman–Crippen MR) is 68.1 cm³/mol. The second-order valence-electron chi connectivity index (χ2n) is 4.18. The monoisotopic (exact) mass is 242 g/mol. The summed E-state index contributed by atoms with van der Waals surface area (Å²) in [7, 11) is 1.89. The molecule has 92 valence electrons. The summed E-state index contributed by atoms with van der Waals surface area (Å²) >= 11 is 0. The number of nitrogens with zero attached hydrogens (tertiary/aromatic N) is 3. The van der Waals surface area contributed by atoms with Crippen molar-refractivity contribution in [3.8, 4) is 0 Å². The van der Waals surface area contributed by atoms with Gasteiger partial charge >= 0.3 is 0 Å². The lowest BCUT2D eigenvalue weighted by molar-refractivity contribution is 0.370. The Kier molecular flexibility index (Phi) is 2.82. The highest BCUT2D eigenvalue weighted by molar-refractivity contribution is 5.74. The quantitative estimate of drug-likeness (QED) is 0.757. The van der Waals surface area contributed by atoms with Gasteiger partial charge in [-0.25, -0.2) is 4.98 Å². The SMILES string of the molecule is CNCc1cc(Cn2cnc3ccccc32)on1. The van der Waals surface area contributed by atoms with Gasteiger partial charge in [0.1, 0.15) is 0 Å². The second-order valence-corrected chi connectivity index (χ2v) is 4.18. The van der Waals surface area contributed by atoms with Crippen LogP contribution in [0.25, 0.3) is 11.0 Å². The zero-order valence-electron chi connectivity index (χ0n) is 10.1. The van der Waals surface area contributed by atoms with Crippen molar-refractivity contribution in [3.05, 3.63) is 48.1 Å². The van der Waals surface area contributed by atoms with Gasteiger partial charge in [-0.15, -0.1) is 0 Å². The van der Waals surface area contributed by atoms with Crippen molar-refractivity contribution >= 4 is 11.0 Å². The minimum atomic E-state index is 0.650. The fourth-order valence-corrected chi connectivity index (χ4v) is 2.00. The van der Waals surface area contributed by atoms with Crippen molar-refractivity contribution in [1.29, 1.82) is 0 Å². The average Bonchev–Trinajstić information content (AvgIpc) is 2.99. The Bertz CT molecular complexity index is 656. The molecule has 18 heavy (non-hydrogen) atoms. The molecule has 0 amide bonds. The molecule has 0 spiro atoms. The molecule has 3 rings (SSSR count). The molecule has 0 radical (unpaired) electrons. The van der Waals surface area contributed by atoms with E-state index >= 15 is 0 Å². The highest BCUT2D eigenvalue weighted by atomic mass is 16.5. The number of para-hydroxylation sites is 2. The minimum absolute atomic E-state index is 0.650. The van der Waals surface area contributed by atoms with Crippen LogP contribution in [0.3, 0.4) is 0 Å². The molecule has 1 N–H and O–H groups in total. The van der Waals surface area contributed by atoms with Crippen molar-refractivity contribution in [1.82, 2.24) is 20.0 Å². The van der Waals surface area contributed by atoms with Crippen LogP contribution in [0.4, 0.5) is 0 Å². The van der Waals surface area contributed by atoms with Gasteiger partial charge < -0.3 is 14.4 Å². The largest absolute Gasteiger partial charge is 0.359 e. The number of aromatic nitrogens is 3. The van der Waals surface area contributed by atoms with E-state index in [0.717, 1.165) is 22.5 Å². The lowest BCUT2D eigenvalue weighted by Crippen LogP contribution is -2.04. The number of hydrogen-bond donors (Lipinski definition) is 1. The van der Waals surface area contributed by atoms with Crippen LogP contribution in [0.2, 0.25) is 0 Å². The molecule has 0 bridgehead atoms. The molecule has 1 aromatic carbocycles. The minimum Gasteiger partial charge on any atom is -0.359 e. The summed E-state index contributed by atoms with van der Waals surface area (Å²) < 4.78 is 7.36. The smallest absolute Gasteiger partial charge is 0.156 e. The number of hydrogen-bond acceptors (Lipinski definition) is 4. The summed E-state index contributed by atoms with van der Waals surface area (Å²) in [5.74, 6) is 0.836. The van der Waals surface area contributed by atoms with Crippen LogP contribution in [0.1, 0.15) is 11.5 Å². The molecule has 5 heteroatoms. The zero-order chi connectivity index (χ0) is 12.4. The topological polar surface area (TPSA) is 55.9 Å². The van der Waals surface area contributed by atoms with E-state index in [9.17, 15) is 0 Å². The van der Waals surface area contributed by atoms with Gasteiger partial charge in [-0.1, -0.05) is 17.3 Å². The third-order valence-electron chi connectivity index (χ3n) is 2.82. The maximum atomic E-state index is 5.30. The molecule has 0 aliphatic rings. The summed E-state index contributed by atoms with van der Waals surface area (Å²) in [6.07, 6.45) is 1.82. The Hall–Kier alpha value is -2.14. The van der Waals surface area contributed by atoms with E-state index < -0.39 is 0 Å². The molecule has 5 nitrogen and oxygen atoms in total. The van der Waals surface area contributed by atoms with Crippen LogP contribution >= 0.6 is 0 Å². The Morgan fingerprint density at radius 1 is 1.33 bits per heavy atom. The second kappa shape index (κ2) is 4.62. The number of benzene rings is 1. The first kappa shape index (κ1) is 11.0. The van der Waals surface area contributed by atoms with Gasteiger partial charge in [-0.05, 0) is 19.2 Å². The first-order valence-corrected chi connectivity index (χ1v) is 5.86. The van der Waals surface area contributed by atoms with E-state index in [0.29, 0.717) is 13.1 Å². The van der Waals surface area contributed by atoms with Gasteiger partial charge in [0.2, 0.25) is 0 Å². The fourth-order valence-electron chi connectivity index (χ4n) is 2.00. The van der Waals surface area contributed by atoms with Crippen molar-refractivity contribution < 1.29 is 4.52 Å². The van der Waals surface area contributed by atoms with Gasteiger partial charge in [0.05, 0.1) is 29.6 Å². The highest BCUT2D eigenvalue weighted by Gasteiger charge is 2.07. The van der Waals surface area contributed by atoms with E-state index in [2.05, 4.69) is 20.0 Å². The molecule has 0 saturated carbocycles. The maximum Gasteiger partial charge on any atom is 0.156 e. The third-order valence-corrected chi connectivity index (χ3v) is 2.82. The molecular formula is C13H14N4O.